The summed E-state index contributed by atoms with van der Waals surface area (Å²) in [6, 6.07) is 6.83. The van der Waals surface area contributed by atoms with Crippen LogP contribution in [0.1, 0.15) is 18.4 Å². The number of aliphatic hydroxyl groups is 1. The fourth-order valence-electron chi connectivity index (χ4n) is 2.42. The Morgan fingerprint density at radius 2 is 2.19 bits per heavy atom. The Morgan fingerprint density at radius 3 is 2.81 bits per heavy atom. The summed E-state index contributed by atoms with van der Waals surface area (Å²) in [5, 5.41) is 12.8. The minimum absolute atomic E-state index is 0.119. The van der Waals surface area contributed by atoms with E-state index in [1.165, 1.54) is 6.07 Å². The maximum Gasteiger partial charge on any atom is 0.126 e. The van der Waals surface area contributed by atoms with Gasteiger partial charge in [-0.1, -0.05) is 18.2 Å². The summed E-state index contributed by atoms with van der Waals surface area (Å²) in [5.74, 6) is -0.166. The summed E-state index contributed by atoms with van der Waals surface area (Å²) in [7, 11) is 0. The van der Waals surface area contributed by atoms with Gasteiger partial charge in [-0.15, -0.1) is 0 Å². The van der Waals surface area contributed by atoms with E-state index in [-0.39, 0.29) is 17.8 Å². The van der Waals surface area contributed by atoms with Gasteiger partial charge in [-0.25, -0.2) is 4.39 Å². The number of piperidine rings is 1. The third-order valence-corrected chi connectivity index (χ3v) is 3.42. The van der Waals surface area contributed by atoms with Crippen LogP contribution in [0.15, 0.2) is 24.3 Å². The Balaban J connectivity index is 2.15. The molecule has 1 aliphatic rings. The predicted octanol–water partition coefficient (Wildman–Crippen LogP) is 1.73. The fourth-order valence-corrected chi connectivity index (χ4v) is 2.42. The van der Waals surface area contributed by atoms with Gasteiger partial charge in [0.05, 0.1) is 6.61 Å². The van der Waals surface area contributed by atoms with E-state index in [0.29, 0.717) is 12.0 Å². The SMILES string of the molecule is OC[C@@]1(Cc2ccccc2F)CCCNC1. The van der Waals surface area contributed by atoms with E-state index in [2.05, 4.69) is 5.32 Å². The normalized spacial score (nSPS) is 25.6. The van der Waals surface area contributed by atoms with Crippen molar-refractivity contribution in [1.82, 2.24) is 5.32 Å². The summed E-state index contributed by atoms with van der Waals surface area (Å²) in [6.45, 7) is 1.89. The maximum absolute atomic E-state index is 13.5. The second-order valence-electron chi connectivity index (χ2n) is 4.71. The van der Waals surface area contributed by atoms with Gasteiger partial charge < -0.3 is 10.4 Å². The van der Waals surface area contributed by atoms with E-state index < -0.39 is 0 Å². The van der Waals surface area contributed by atoms with Gasteiger partial charge >= 0.3 is 0 Å². The van der Waals surface area contributed by atoms with Crippen LogP contribution in [0.3, 0.4) is 0 Å². The minimum Gasteiger partial charge on any atom is -0.396 e. The van der Waals surface area contributed by atoms with Crippen LogP contribution in [-0.4, -0.2) is 24.8 Å². The molecular weight excluding hydrogens is 205 g/mol. The monoisotopic (exact) mass is 223 g/mol. The van der Waals surface area contributed by atoms with Crippen LogP contribution in [0.5, 0.6) is 0 Å². The van der Waals surface area contributed by atoms with Gasteiger partial charge in [0.1, 0.15) is 5.82 Å². The minimum atomic E-state index is -0.180. The van der Waals surface area contributed by atoms with Crippen LogP contribution in [0.4, 0.5) is 4.39 Å². The van der Waals surface area contributed by atoms with E-state index in [1.807, 2.05) is 6.07 Å². The molecule has 0 spiro atoms. The van der Waals surface area contributed by atoms with Crippen LogP contribution in [-0.2, 0) is 6.42 Å². The highest BCUT2D eigenvalue weighted by atomic mass is 19.1. The van der Waals surface area contributed by atoms with Gasteiger partial charge in [-0.3, -0.25) is 0 Å². The van der Waals surface area contributed by atoms with Crippen LogP contribution < -0.4 is 5.32 Å². The molecule has 0 saturated carbocycles. The molecule has 1 aromatic carbocycles. The molecule has 2 N–H and O–H groups in total. The van der Waals surface area contributed by atoms with Gasteiger partial charge in [0.15, 0.2) is 0 Å². The third kappa shape index (κ3) is 2.42. The Bertz CT molecular complexity index is 348. The highest BCUT2D eigenvalue weighted by Crippen LogP contribution is 2.30. The lowest BCUT2D eigenvalue weighted by Crippen LogP contribution is -2.44. The average Bonchev–Trinajstić information content (AvgIpc) is 2.33. The molecular formula is C13H18FNO. The second kappa shape index (κ2) is 4.93. The standard InChI is InChI=1S/C13H18FNO/c14-12-5-2-1-4-11(12)8-13(10-16)6-3-7-15-9-13/h1-2,4-5,15-16H,3,6-10H2/t13-/m1/s1. The number of rotatable bonds is 3. The molecule has 88 valence electrons. The van der Waals surface area contributed by atoms with Crippen molar-refractivity contribution < 1.29 is 9.50 Å². The van der Waals surface area contributed by atoms with E-state index in [1.54, 1.807) is 12.1 Å². The van der Waals surface area contributed by atoms with Gasteiger partial charge in [-0.05, 0) is 37.4 Å². The first-order valence-electron chi connectivity index (χ1n) is 5.81. The zero-order chi connectivity index (χ0) is 11.4. The number of hydrogen-bond donors (Lipinski definition) is 2. The molecule has 0 aliphatic carbocycles. The summed E-state index contributed by atoms with van der Waals surface area (Å²) in [6.07, 6.45) is 2.63. The van der Waals surface area contributed by atoms with Crippen molar-refractivity contribution in [3.63, 3.8) is 0 Å². The van der Waals surface area contributed by atoms with Crippen LogP contribution in [0, 0.1) is 11.2 Å². The lowest BCUT2D eigenvalue weighted by Gasteiger charge is -2.36. The molecule has 1 aromatic rings. The molecule has 16 heavy (non-hydrogen) atoms. The van der Waals surface area contributed by atoms with Gasteiger partial charge in [0, 0.05) is 12.0 Å². The maximum atomic E-state index is 13.5. The molecule has 0 aromatic heterocycles. The number of nitrogens with one attached hydrogen (secondary N) is 1. The molecule has 1 saturated heterocycles. The molecule has 0 bridgehead atoms. The van der Waals surface area contributed by atoms with Gasteiger partial charge in [0.25, 0.3) is 0 Å². The molecule has 1 fully saturated rings. The summed E-state index contributed by atoms with van der Waals surface area (Å²) >= 11 is 0. The molecule has 1 heterocycles. The first kappa shape index (κ1) is 11.6. The topological polar surface area (TPSA) is 32.3 Å². The molecule has 0 radical (unpaired) electrons. The Hall–Kier alpha value is -0.930. The highest BCUT2D eigenvalue weighted by molar-refractivity contribution is 5.19. The van der Waals surface area contributed by atoms with E-state index >= 15 is 0 Å². The van der Waals surface area contributed by atoms with E-state index in [4.69, 9.17) is 0 Å². The summed E-state index contributed by atoms with van der Waals surface area (Å²) in [4.78, 5) is 0. The van der Waals surface area contributed by atoms with Gasteiger partial charge in [-0.2, -0.15) is 0 Å². The number of aliphatic hydroxyl groups excluding tert-OH is 1. The predicted molar refractivity (Wildman–Crippen MR) is 61.7 cm³/mol. The summed E-state index contributed by atoms with van der Waals surface area (Å²) < 4.78 is 13.5. The molecule has 3 heteroatoms. The fraction of sp³-hybridized carbons (Fsp3) is 0.538. The first-order valence-corrected chi connectivity index (χ1v) is 5.81. The third-order valence-electron chi connectivity index (χ3n) is 3.42. The van der Waals surface area contributed by atoms with Gasteiger partial charge in [0.2, 0.25) is 0 Å². The number of halogens is 1. The molecule has 0 amide bonds. The molecule has 2 rings (SSSR count). The van der Waals surface area contributed by atoms with Crippen molar-refractivity contribution >= 4 is 0 Å². The zero-order valence-electron chi connectivity index (χ0n) is 9.38. The quantitative estimate of drug-likeness (QED) is 0.818. The van der Waals surface area contributed by atoms with E-state index in [0.717, 1.165) is 25.9 Å². The number of benzene rings is 1. The van der Waals surface area contributed by atoms with Crippen molar-refractivity contribution in [2.75, 3.05) is 19.7 Å². The molecule has 1 aliphatic heterocycles. The highest BCUT2D eigenvalue weighted by Gasteiger charge is 2.32. The lowest BCUT2D eigenvalue weighted by atomic mass is 9.76. The smallest absolute Gasteiger partial charge is 0.126 e. The van der Waals surface area contributed by atoms with Crippen molar-refractivity contribution in [1.29, 1.82) is 0 Å². The lowest BCUT2D eigenvalue weighted by molar-refractivity contribution is 0.0939. The average molecular weight is 223 g/mol. The van der Waals surface area contributed by atoms with Crippen LogP contribution in [0.25, 0.3) is 0 Å². The van der Waals surface area contributed by atoms with Crippen molar-refractivity contribution in [2.24, 2.45) is 5.41 Å². The Kier molecular flexibility index (Phi) is 3.56. The zero-order valence-corrected chi connectivity index (χ0v) is 9.38. The van der Waals surface area contributed by atoms with Crippen LogP contribution in [0.2, 0.25) is 0 Å². The molecule has 1 atom stereocenters. The van der Waals surface area contributed by atoms with Crippen LogP contribution >= 0.6 is 0 Å². The first-order chi connectivity index (χ1) is 7.76. The second-order valence-corrected chi connectivity index (χ2v) is 4.71. The summed E-state index contributed by atoms with van der Waals surface area (Å²) in [5.41, 5.74) is 0.528. The van der Waals surface area contributed by atoms with Crippen molar-refractivity contribution in [3.05, 3.63) is 35.6 Å². The van der Waals surface area contributed by atoms with Crippen molar-refractivity contribution in [2.45, 2.75) is 19.3 Å². The number of hydrogen-bond acceptors (Lipinski definition) is 2. The Morgan fingerprint density at radius 1 is 1.38 bits per heavy atom. The Labute approximate surface area is 95.5 Å². The molecule has 0 unspecified atom stereocenters. The largest absolute Gasteiger partial charge is 0.396 e. The molecule has 2 nitrogen and oxygen atoms in total. The van der Waals surface area contributed by atoms with Crippen molar-refractivity contribution in [3.8, 4) is 0 Å². The van der Waals surface area contributed by atoms with E-state index in [9.17, 15) is 9.50 Å².